The smallest absolute Gasteiger partial charge is 0.411 e. The summed E-state index contributed by atoms with van der Waals surface area (Å²) in [6, 6.07) is 0. The van der Waals surface area contributed by atoms with E-state index in [1.165, 1.54) is 0 Å². The third kappa shape index (κ3) is 9.83. The Morgan fingerprint density at radius 2 is 0.759 bits per heavy atom. The lowest BCUT2D eigenvalue weighted by atomic mass is 10.3. The normalized spacial score (nSPS) is 14.9. The summed E-state index contributed by atoms with van der Waals surface area (Å²) in [7, 11) is -0.580. The van der Waals surface area contributed by atoms with E-state index in [9.17, 15) is 0 Å². The highest BCUT2D eigenvalue weighted by Crippen LogP contribution is 2.24. The van der Waals surface area contributed by atoms with Crippen molar-refractivity contribution >= 4 is 20.0 Å². The van der Waals surface area contributed by atoms with Gasteiger partial charge in [-0.15, -0.1) is 0 Å². The lowest BCUT2D eigenvalue weighted by Gasteiger charge is -2.37. The molecule has 0 rings (SSSR count). The highest BCUT2D eigenvalue weighted by atomic mass is 28.3. The molecule has 0 fully saturated rings. The van der Waals surface area contributed by atoms with E-state index in [1.54, 1.807) is 0 Å². The molecule has 0 aromatic rings. The van der Waals surface area contributed by atoms with E-state index in [-0.39, 0.29) is 20.0 Å². The Kier molecular flexibility index (Phi) is 16.8. The molecule has 0 aromatic carbocycles. The van der Waals surface area contributed by atoms with Crippen LogP contribution in [0.1, 0.15) is 55.4 Å². The topological polar surface area (TPSA) is 83.1 Å². The zero-order valence-corrected chi connectivity index (χ0v) is 21.1. The third-order valence-electron chi connectivity index (χ3n) is 3.60. The monoisotopic (exact) mass is 454 g/mol. The van der Waals surface area contributed by atoms with Gasteiger partial charge in [0, 0.05) is 39.6 Å². The van der Waals surface area contributed by atoms with Gasteiger partial charge in [-0.05, 0) is 55.4 Å². The van der Waals surface area contributed by atoms with Crippen molar-refractivity contribution in [3.8, 4) is 0 Å². The predicted octanol–water partition coefficient (Wildman–Crippen LogP) is 2.41. The summed E-state index contributed by atoms with van der Waals surface area (Å²) in [5.41, 5.74) is 0. The largest absolute Gasteiger partial charge is 0.423 e. The number of hydrogen-bond donors (Lipinski definition) is 0. The van der Waals surface area contributed by atoms with Crippen LogP contribution in [0.25, 0.3) is 0 Å². The van der Waals surface area contributed by atoms with Gasteiger partial charge >= 0.3 is 32.0 Å². The number of rotatable bonds is 20. The molecule has 0 N–H and O–H groups in total. The summed E-state index contributed by atoms with van der Waals surface area (Å²) in [4.78, 5) is 0. The van der Waals surface area contributed by atoms with E-state index in [0.717, 1.165) is 0 Å². The molecular formula is C18H38O9Si2. The van der Waals surface area contributed by atoms with Gasteiger partial charge in [0.2, 0.25) is 0 Å². The summed E-state index contributed by atoms with van der Waals surface area (Å²) < 4.78 is 51.2. The van der Waals surface area contributed by atoms with Crippen LogP contribution < -0.4 is 0 Å². The van der Waals surface area contributed by atoms with Crippen LogP contribution in [0.4, 0.5) is 0 Å². The minimum absolute atomic E-state index is 0.290. The third-order valence-corrected chi connectivity index (χ3v) is 5.17. The van der Waals surface area contributed by atoms with Gasteiger partial charge < -0.3 is 41.4 Å². The van der Waals surface area contributed by atoms with Crippen molar-refractivity contribution in [1.29, 1.82) is 0 Å². The van der Waals surface area contributed by atoms with Crippen LogP contribution in [0.15, 0.2) is 0 Å². The molecule has 0 heterocycles. The Balaban J connectivity index is 4.62. The molecule has 0 spiro atoms. The molecule has 0 bridgehead atoms. The van der Waals surface area contributed by atoms with Crippen LogP contribution in [-0.4, -0.2) is 83.8 Å². The van der Waals surface area contributed by atoms with E-state index in [1.807, 2.05) is 55.4 Å². The molecule has 11 heteroatoms. The fourth-order valence-electron chi connectivity index (χ4n) is 2.52. The SMILES string of the molecule is CCOC(OCC)(OCC)C(C)O[Si]O[Si]OC(C)C(OCC)(OCC)OCC. The van der Waals surface area contributed by atoms with Gasteiger partial charge in [0.1, 0.15) is 12.2 Å². The zero-order valence-electron chi connectivity index (χ0n) is 19.1. The molecule has 0 aliphatic carbocycles. The Hall–Kier alpha value is 0.0738. The molecule has 0 saturated heterocycles. The quantitative estimate of drug-likeness (QED) is 0.156. The number of ether oxygens (including phenoxy) is 6. The molecule has 2 atom stereocenters. The first kappa shape index (κ1) is 29.1. The summed E-state index contributed by atoms with van der Waals surface area (Å²) in [5.74, 6) is -2.53. The van der Waals surface area contributed by atoms with Crippen LogP contribution in [0.3, 0.4) is 0 Å². The molecule has 2 unspecified atom stereocenters. The van der Waals surface area contributed by atoms with Crippen molar-refractivity contribution in [2.24, 2.45) is 0 Å². The minimum Gasteiger partial charge on any atom is -0.411 e. The lowest BCUT2D eigenvalue weighted by molar-refractivity contribution is -0.405. The molecule has 0 saturated carbocycles. The van der Waals surface area contributed by atoms with Crippen LogP contribution in [0.5, 0.6) is 0 Å². The van der Waals surface area contributed by atoms with Gasteiger partial charge in [0.25, 0.3) is 0 Å². The second kappa shape index (κ2) is 16.7. The van der Waals surface area contributed by atoms with E-state index in [2.05, 4.69) is 0 Å². The molecule has 29 heavy (non-hydrogen) atoms. The lowest BCUT2D eigenvalue weighted by Crippen LogP contribution is -2.51. The molecule has 4 radical (unpaired) electrons. The number of hydrogen-bond acceptors (Lipinski definition) is 9. The maximum absolute atomic E-state index is 5.74. The van der Waals surface area contributed by atoms with Crippen molar-refractivity contribution in [1.82, 2.24) is 0 Å². The van der Waals surface area contributed by atoms with E-state index in [0.29, 0.717) is 39.6 Å². The molecule has 172 valence electrons. The minimum atomic E-state index is -1.26. The van der Waals surface area contributed by atoms with Crippen molar-refractivity contribution in [3.05, 3.63) is 0 Å². The Morgan fingerprint density at radius 1 is 0.517 bits per heavy atom. The van der Waals surface area contributed by atoms with Crippen molar-refractivity contribution < 1.29 is 41.4 Å². The van der Waals surface area contributed by atoms with Gasteiger partial charge in [-0.1, -0.05) is 0 Å². The van der Waals surface area contributed by atoms with Crippen molar-refractivity contribution in [2.75, 3.05) is 39.6 Å². The zero-order chi connectivity index (χ0) is 22.2. The summed E-state index contributed by atoms with van der Waals surface area (Å²) in [6.45, 7) is 17.4. The average molecular weight is 455 g/mol. The van der Waals surface area contributed by atoms with Crippen LogP contribution in [0.2, 0.25) is 0 Å². The van der Waals surface area contributed by atoms with Crippen LogP contribution >= 0.6 is 0 Å². The van der Waals surface area contributed by atoms with E-state index in [4.69, 9.17) is 41.4 Å². The second-order valence-electron chi connectivity index (χ2n) is 5.59. The maximum Gasteiger partial charge on any atom is 0.423 e. The van der Waals surface area contributed by atoms with Gasteiger partial charge in [-0.3, -0.25) is 0 Å². The highest BCUT2D eigenvalue weighted by Gasteiger charge is 2.42. The average Bonchev–Trinajstić information content (AvgIpc) is 2.68. The first-order valence-corrected chi connectivity index (χ1v) is 11.9. The molecule has 0 amide bonds. The first-order valence-electron chi connectivity index (χ1n) is 10.2. The van der Waals surface area contributed by atoms with Crippen molar-refractivity contribution in [3.63, 3.8) is 0 Å². The van der Waals surface area contributed by atoms with Gasteiger partial charge in [0.05, 0.1) is 0 Å². The molecule has 0 aromatic heterocycles. The molecule has 0 aliphatic rings. The van der Waals surface area contributed by atoms with Crippen LogP contribution in [-0.2, 0) is 41.4 Å². The second-order valence-corrected chi connectivity index (χ2v) is 7.22. The van der Waals surface area contributed by atoms with Crippen LogP contribution in [0, 0.1) is 0 Å². The van der Waals surface area contributed by atoms with Gasteiger partial charge in [0.15, 0.2) is 0 Å². The Morgan fingerprint density at radius 3 is 0.966 bits per heavy atom. The van der Waals surface area contributed by atoms with Gasteiger partial charge in [-0.2, -0.15) is 0 Å². The van der Waals surface area contributed by atoms with Crippen molar-refractivity contribution in [2.45, 2.75) is 79.5 Å². The Bertz CT molecular complexity index is 322. The molecular weight excluding hydrogens is 416 g/mol. The van der Waals surface area contributed by atoms with E-state index < -0.39 is 24.2 Å². The molecule has 0 aliphatic heterocycles. The molecule has 9 nitrogen and oxygen atoms in total. The predicted molar refractivity (Wildman–Crippen MR) is 109 cm³/mol. The van der Waals surface area contributed by atoms with Gasteiger partial charge in [-0.25, -0.2) is 0 Å². The standard InChI is InChI=1S/C18H38O9Si2/c1-9-19-17(20-10-2,21-11-3)15(7)25-28-27-29-26-16(8)18(22-12-4,23-13-5)24-14-6/h15-16H,9-14H2,1-8H3. The highest BCUT2D eigenvalue weighted by molar-refractivity contribution is 6.34. The summed E-state index contributed by atoms with van der Waals surface area (Å²) in [6.07, 6.45) is -1.01. The fraction of sp³-hybridized carbons (Fsp3) is 1.00. The maximum atomic E-state index is 5.74. The first-order chi connectivity index (χ1) is 13.9. The summed E-state index contributed by atoms with van der Waals surface area (Å²) in [5, 5.41) is 0. The summed E-state index contributed by atoms with van der Waals surface area (Å²) >= 11 is 0. The fourth-order valence-corrected chi connectivity index (χ4v) is 3.61. The van der Waals surface area contributed by atoms with E-state index >= 15 is 0 Å². The Labute approximate surface area is 181 Å².